The normalized spacial score (nSPS) is 12.8. The van der Waals surface area contributed by atoms with Crippen LogP contribution in [-0.4, -0.2) is 5.11 Å². The Hall–Kier alpha value is -1.19. The molecule has 0 aliphatic rings. The highest BCUT2D eigenvalue weighted by atomic mass is 32.1. The van der Waals surface area contributed by atoms with Crippen molar-refractivity contribution in [1.82, 2.24) is 0 Å². The van der Waals surface area contributed by atoms with Gasteiger partial charge >= 0.3 is 0 Å². The van der Waals surface area contributed by atoms with Crippen LogP contribution in [0.25, 0.3) is 0 Å². The van der Waals surface area contributed by atoms with E-state index in [0.717, 1.165) is 16.0 Å². The van der Waals surface area contributed by atoms with Crippen molar-refractivity contribution in [2.45, 2.75) is 20.0 Å². The number of rotatable bonds is 2. The van der Waals surface area contributed by atoms with Gasteiger partial charge in [0.25, 0.3) is 0 Å². The molecule has 0 radical (unpaired) electrons. The molecule has 0 aliphatic heterocycles. The summed E-state index contributed by atoms with van der Waals surface area (Å²) in [6.07, 6.45) is -0.861. The SMILES string of the molecule is Cc1cc(F)c(C(O)c2ccccc2C)s1. The largest absolute Gasteiger partial charge is 0.383 e. The zero-order valence-electron chi connectivity index (χ0n) is 9.20. The lowest BCUT2D eigenvalue weighted by molar-refractivity contribution is 0.218. The molecule has 0 saturated heterocycles. The Bertz CT molecular complexity index is 504. The molecule has 84 valence electrons. The Kier molecular flexibility index (Phi) is 3.08. The number of aliphatic hydroxyl groups is 1. The summed E-state index contributed by atoms with van der Waals surface area (Å²) < 4.78 is 13.5. The number of aliphatic hydroxyl groups excluding tert-OH is 1. The van der Waals surface area contributed by atoms with E-state index in [2.05, 4.69) is 0 Å². The Labute approximate surface area is 98.2 Å². The Morgan fingerprint density at radius 1 is 1.25 bits per heavy atom. The zero-order chi connectivity index (χ0) is 11.7. The standard InChI is InChI=1S/C13H13FOS/c1-8-5-3-4-6-10(8)12(15)13-11(14)7-9(2)16-13/h3-7,12,15H,1-2H3. The molecule has 2 aromatic rings. The van der Waals surface area contributed by atoms with Crippen molar-refractivity contribution in [2.24, 2.45) is 0 Å². The molecular formula is C13H13FOS. The van der Waals surface area contributed by atoms with E-state index in [1.165, 1.54) is 17.4 Å². The van der Waals surface area contributed by atoms with Crippen molar-refractivity contribution in [3.63, 3.8) is 0 Å². The predicted molar refractivity (Wildman–Crippen MR) is 64.3 cm³/mol. The summed E-state index contributed by atoms with van der Waals surface area (Å²) in [6.45, 7) is 3.75. The van der Waals surface area contributed by atoms with Crippen LogP contribution < -0.4 is 0 Å². The van der Waals surface area contributed by atoms with Crippen molar-refractivity contribution >= 4 is 11.3 Å². The number of hydrogen-bond acceptors (Lipinski definition) is 2. The lowest BCUT2D eigenvalue weighted by Gasteiger charge is -2.11. The summed E-state index contributed by atoms with van der Waals surface area (Å²) in [5, 5.41) is 10.1. The minimum atomic E-state index is -0.861. The van der Waals surface area contributed by atoms with Crippen molar-refractivity contribution in [2.75, 3.05) is 0 Å². The number of thiophene rings is 1. The fourth-order valence-electron chi connectivity index (χ4n) is 1.72. The first-order chi connectivity index (χ1) is 7.59. The molecule has 16 heavy (non-hydrogen) atoms. The van der Waals surface area contributed by atoms with Crippen molar-refractivity contribution < 1.29 is 9.50 Å². The first kappa shape index (κ1) is 11.3. The van der Waals surface area contributed by atoms with E-state index in [9.17, 15) is 9.50 Å². The summed E-state index contributed by atoms with van der Waals surface area (Å²) in [4.78, 5) is 1.27. The molecule has 0 fully saturated rings. The molecule has 0 aliphatic carbocycles. The molecular weight excluding hydrogens is 223 g/mol. The molecule has 0 saturated carbocycles. The van der Waals surface area contributed by atoms with Gasteiger partial charge < -0.3 is 5.11 Å². The smallest absolute Gasteiger partial charge is 0.140 e. The molecule has 0 spiro atoms. The molecule has 1 aromatic heterocycles. The fourth-order valence-corrected chi connectivity index (χ4v) is 2.63. The quantitative estimate of drug-likeness (QED) is 0.845. The Morgan fingerprint density at radius 2 is 1.94 bits per heavy atom. The van der Waals surface area contributed by atoms with Gasteiger partial charge in [-0.05, 0) is 31.0 Å². The summed E-state index contributed by atoms with van der Waals surface area (Å²) in [6, 6.07) is 8.96. The van der Waals surface area contributed by atoms with E-state index >= 15 is 0 Å². The third kappa shape index (κ3) is 2.01. The topological polar surface area (TPSA) is 20.2 Å². The van der Waals surface area contributed by atoms with Crippen LogP contribution in [0.2, 0.25) is 0 Å². The van der Waals surface area contributed by atoms with Crippen LogP contribution in [-0.2, 0) is 0 Å². The average Bonchev–Trinajstić information content (AvgIpc) is 2.58. The van der Waals surface area contributed by atoms with Gasteiger partial charge in [0.2, 0.25) is 0 Å². The van der Waals surface area contributed by atoms with E-state index in [1.54, 1.807) is 0 Å². The molecule has 1 heterocycles. The molecule has 2 rings (SSSR count). The monoisotopic (exact) mass is 236 g/mol. The summed E-state index contributed by atoms with van der Waals surface area (Å²) >= 11 is 1.30. The minimum Gasteiger partial charge on any atom is -0.383 e. The van der Waals surface area contributed by atoms with Gasteiger partial charge in [0.05, 0.1) is 4.88 Å². The van der Waals surface area contributed by atoms with E-state index in [-0.39, 0.29) is 5.82 Å². The molecule has 1 atom stereocenters. The Balaban J connectivity index is 2.43. The molecule has 0 bridgehead atoms. The molecule has 1 nitrogen and oxygen atoms in total. The summed E-state index contributed by atoms with van der Waals surface area (Å²) in [5.74, 6) is -0.321. The maximum absolute atomic E-state index is 13.5. The zero-order valence-corrected chi connectivity index (χ0v) is 10.0. The molecule has 0 amide bonds. The first-order valence-corrected chi connectivity index (χ1v) is 5.90. The fraction of sp³-hybridized carbons (Fsp3) is 0.231. The highest BCUT2D eigenvalue weighted by Gasteiger charge is 2.18. The van der Waals surface area contributed by atoms with Gasteiger partial charge in [0, 0.05) is 4.88 Å². The maximum atomic E-state index is 13.5. The number of aryl methyl sites for hydroxylation is 2. The second-order valence-electron chi connectivity index (χ2n) is 3.83. The first-order valence-electron chi connectivity index (χ1n) is 5.09. The number of halogens is 1. The van der Waals surface area contributed by atoms with Gasteiger partial charge in [-0.3, -0.25) is 0 Å². The highest BCUT2D eigenvalue weighted by molar-refractivity contribution is 7.12. The van der Waals surface area contributed by atoms with Crippen LogP contribution in [0.15, 0.2) is 30.3 Å². The molecule has 3 heteroatoms. The van der Waals surface area contributed by atoms with Crippen LogP contribution in [0.5, 0.6) is 0 Å². The predicted octanol–water partition coefficient (Wildman–Crippen LogP) is 3.59. The van der Waals surface area contributed by atoms with Gasteiger partial charge in [-0.1, -0.05) is 24.3 Å². The molecule has 1 unspecified atom stereocenters. The van der Waals surface area contributed by atoms with Crippen LogP contribution in [0.4, 0.5) is 4.39 Å². The third-order valence-electron chi connectivity index (χ3n) is 2.57. The number of benzene rings is 1. The summed E-state index contributed by atoms with van der Waals surface area (Å²) in [7, 11) is 0. The van der Waals surface area contributed by atoms with E-state index in [1.807, 2.05) is 38.1 Å². The van der Waals surface area contributed by atoms with E-state index in [0.29, 0.717) is 4.88 Å². The minimum absolute atomic E-state index is 0.321. The Morgan fingerprint density at radius 3 is 2.50 bits per heavy atom. The number of hydrogen-bond donors (Lipinski definition) is 1. The highest BCUT2D eigenvalue weighted by Crippen LogP contribution is 2.32. The van der Waals surface area contributed by atoms with Gasteiger partial charge in [0.1, 0.15) is 11.9 Å². The lowest BCUT2D eigenvalue weighted by Crippen LogP contribution is -2.01. The maximum Gasteiger partial charge on any atom is 0.140 e. The second kappa shape index (κ2) is 4.36. The molecule has 1 aromatic carbocycles. The molecule has 1 N–H and O–H groups in total. The summed E-state index contributed by atoms with van der Waals surface area (Å²) in [5.41, 5.74) is 1.74. The van der Waals surface area contributed by atoms with Gasteiger partial charge in [-0.15, -0.1) is 11.3 Å². The van der Waals surface area contributed by atoms with Crippen LogP contribution in [0.3, 0.4) is 0 Å². The van der Waals surface area contributed by atoms with Crippen molar-refractivity contribution in [3.8, 4) is 0 Å². The van der Waals surface area contributed by atoms with Crippen molar-refractivity contribution in [1.29, 1.82) is 0 Å². The van der Waals surface area contributed by atoms with Crippen LogP contribution in [0, 0.1) is 19.7 Å². The van der Waals surface area contributed by atoms with Gasteiger partial charge in [-0.2, -0.15) is 0 Å². The average molecular weight is 236 g/mol. The second-order valence-corrected chi connectivity index (χ2v) is 5.12. The van der Waals surface area contributed by atoms with Gasteiger partial charge in [-0.25, -0.2) is 4.39 Å². The third-order valence-corrected chi connectivity index (χ3v) is 3.65. The van der Waals surface area contributed by atoms with E-state index in [4.69, 9.17) is 0 Å². The van der Waals surface area contributed by atoms with Crippen LogP contribution in [0.1, 0.15) is 27.0 Å². The van der Waals surface area contributed by atoms with Gasteiger partial charge in [0.15, 0.2) is 0 Å². The van der Waals surface area contributed by atoms with Crippen LogP contribution >= 0.6 is 11.3 Å². The van der Waals surface area contributed by atoms with E-state index < -0.39 is 6.10 Å². The lowest BCUT2D eigenvalue weighted by atomic mass is 10.0. The van der Waals surface area contributed by atoms with Crippen molar-refractivity contribution in [3.05, 3.63) is 57.0 Å².